The molecule has 1 fully saturated rings. The molecule has 1 aliphatic carbocycles. The van der Waals surface area contributed by atoms with Gasteiger partial charge in [0.2, 0.25) is 0 Å². The van der Waals surface area contributed by atoms with Gasteiger partial charge in [-0.05, 0) is 55.7 Å². The first-order valence-electron chi connectivity index (χ1n) is 8.09. The molecule has 3 unspecified atom stereocenters. The van der Waals surface area contributed by atoms with Crippen LogP contribution in [-0.4, -0.2) is 18.8 Å². The van der Waals surface area contributed by atoms with Crippen molar-refractivity contribution < 1.29 is 4.74 Å². The van der Waals surface area contributed by atoms with Crippen molar-refractivity contribution in [2.24, 2.45) is 11.8 Å². The minimum atomic E-state index is -0.138. The lowest BCUT2D eigenvalue weighted by Crippen LogP contribution is -2.57. The van der Waals surface area contributed by atoms with Gasteiger partial charge in [0.1, 0.15) is 0 Å². The number of rotatable bonds is 5. The molecule has 0 bridgehead atoms. The fourth-order valence-electron chi connectivity index (χ4n) is 3.96. The summed E-state index contributed by atoms with van der Waals surface area (Å²) in [5.74, 6) is 6.63. The molecular weight excluding hydrogens is 260 g/mol. The quantitative estimate of drug-likeness (QED) is 0.646. The van der Waals surface area contributed by atoms with Gasteiger partial charge in [-0.1, -0.05) is 38.0 Å². The van der Waals surface area contributed by atoms with E-state index in [2.05, 4.69) is 44.4 Å². The van der Waals surface area contributed by atoms with Gasteiger partial charge in [0.15, 0.2) is 0 Å². The van der Waals surface area contributed by atoms with E-state index in [1.807, 2.05) is 7.11 Å². The summed E-state index contributed by atoms with van der Waals surface area (Å²) in [7, 11) is 1.84. The average Bonchev–Trinajstić information content (AvgIpc) is 2.47. The lowest BCUT2D eigenvalue weighted by molar-refractivity contribution is -0.0791. The van der Waals surface area contributed by atoms with Crippen LogP contribution in [0.3, 0.4) is 0 Å². The maximum absolute atomic E-state index is 6.01. The maximum Gasteiger partial charge on any atom is 0.0850 e. The molecule has 0 heterocycles. The van der Waals surface area contributed by atoms with Gasteiger partial charge >= 0.3 is 0 Å². The highest BCUT2D eigenvalue weighted by Gasteiger charge is 2.42. The van der Waals surface area contributed by atoms with Crippen molar-refractivity contribution in [3.63, 3.8) is 0 Å². The molecule has 0 aliphatic heterocycles. The zero-order valence-corrected chi connectivity index (χ0v) is 13.9. The van der Waals surface area contributed by atoms with Crippen molar-refractivity contribution >= 4 is 0 Å². The highest BCUT2D eigenvalue weighted by atomic mass is 16.5. The molecule has 3 heteroatoms. The van der Waals surface area contributed by atoms with Crippen LogP contribution in [0.5, 0.6) is 0 Å². The Labute approximate surface area is 129 Å². The van der Waals surface area contributed by atoms with Crippen molar-refractivity contribution in [1.29, 1.82) is 0 Å². The molecule has 0 radical (unpaired) electrons. The van der Waals surface area contributed by atoms with E-state index in [-0.39, 0.29) is 11.6 Å². The molecule has 1 saturated carbocycles. The smallest absolute Gasteiger partial charge is 0.0850 e. The number of methoxy groups -OCH3 is 1. The summed E-state index contributed by atoms with van der Waals surface area (Å²) in [6, 6.07) is 6.64. The molecule has 1 aromatic rings. The second-order valence-corrected chi connectivity index (χ2v) is 6.76. The van der Waals surface area contributed by atoms with Crippen LogP contribution in [0.1, 0.15) is 49.3 Å². The van der Waals surface area contributed by atoms with Crippen molar-refractivity contribution in [2.45, 2.75) is 64.5 Å². The third-order valence-electron chi connectivity index (χ3n) is 5.29. The Morgan fingerprint density at radius 2 is 2.05 bits per heavy atom. The largest absolute Gasteiger partial charge is 0.377 e. The fourth-order valence-corrected chi connectivity index (χ4v) is 3.96. The van der Waals surface area contributed by atoms with E-state index >= 15 is 0 Å². The Bertz CT molecular complexity index is 454. The molecule has 118 valence electrons. The van der Waals surface area contributed by atoms with Gasteiger partial charge in [0.05, 0.1) is 11.6 Å². The summed E-state index contributed by atoms with van der Waals surface area (Å²) in [6.07, 6.45) is 5.62. The SMILES string of the molecule is COC1(C(Cc2c(C)cccc2C)NN)CCCC(C)C1. The van der Waals surface area contributed by atoms with Crippen LogP contribution < -0.4 is 11.3 Å². The van der Waals surface area contributed by atoms with Gasteiger partial charge < -0.3 is 4.74 Å². The monoisotopic (exact) mass is 290 g/mol. The van der Waals surface area contributed by atoms with Crippen molar-refractivity contribution in [1.82, 2.24) is 5.43 Å². The summed E-state index contributed by atoms with van der Waals surface area (Å²) in [6.45, 7) is 6.68. The molecule has 2 rings (SSSR count). The van der Waals surface area contributed by atoms with Crippen molar-refractivity contribution in [3.8, 4) is 0 Å². The van der Waals surface area contributed by atoms with Gasteiger partial charge in [-0.15, -0.1) is 0 Å². The fraction of sp³-hybridized carbons (Fsp3) is 0.667. The van der Waals surface area contributed by atoms with E-state index < -0.39 is 0 Å². The molecule has 3 nitrogen and oxygen atoms in total. The van der Waals surface area contributed by atoms with E-state index in [1.165, 1.54) is 29.5 Å². The number of aryl methyl sites for hydroxylation is 2. The molecular formula is C18H30N2O. The molecule has 3 N–H and O–H groups in total. The van der Waals surface area contributed by atoms with Crippen LogP contribution in [0, 0.1) is 19.8 Å². The molecule has 3 atom stereocenters. The summed E-state index contributed by atoms with van der Waals surface area (Å²) < 4.78 is 6.01. The molecule has 0 spiro atoms. The second-order valence-electron chi connectivity index (χ2n) is 6.76. The van der Waals surface area contributed by atoms with Crippen LogP contribution >= 0.6 is 0 Å². The van der Waals surface area contributed by atoms with E-state index in [0.717, 1.165) is 19.3 Å². The first-order valence-corrected chi connectivity index (χ1v) is 8.09. The first-order chi connectivity index (χ1) is 10.0. The van der Waals surface area contributed by atoms with Crippen LogP contribution in [-0.2, 0) is 11.2 Å². The number of nitrogens with two attached hydrogens (primary N) is 1. The second kappa shape index (κ2) is 6.91. The van der Waals surface area contributed by atoms with Gasteiger partial charge in [-0.3, -0.25) is 11.3 Å². The standard InChI is InChI=1S/C18H30N2O/c1-13-7-6-10-18(12-13,21-4)17(20-19)11-16-14(2)8-5-9-15(16)3/h5,8-9,13,17,20H,6-7,10-12,19H2,1-4H3. The Balaban J connectivity index is 2.26. The topological polar surface area (TPSA) is 47.3 Å². The zero-order valence-electron chi connectivity index (χ0n) is 13.9. The third-order valence-corrected chi connectivity index (χ3v) is 5.29. The van der Waals surface area contributed by atoms with Gasteiger partial charge in [0, 0.05) is 7.11 Å². The van der Waals surface area contributed by atoms with Crippen LogP contribution in [0.15, 0.2) is 18.2 Å². The maximum atomic E-state index is 6.01. The predicted molar refractivity (Wildman–Crippen MR) is 88.1 cm³/mol. The number of nitrogens with one attached hydrogen (secondary N) is 1. The Morgan fingerprint density at radius 3 is 2.57 bits per heavy atom. The highest BCUT2D eigenvalue weighted by molar-refractivity contribution is 5.34. The van der Waals surface area contributed by atoms with Gasteiger partial charge in [-0.25, -0.2) is 0 Å². The number of hydrogen-bond donors (Lipinski definition) is 2. The van der Waals surface area contributed by atoms with E-state index in [4.69, 9.17) is 10.6 Å². The predicted octanol–water partition coefficient (Wildman–Crippen LogP) is 3.27. The molecule has 1 aliphatic rings. The Hall–Kier alpha value is -0.900. The van der Waals surface area contributed by atoms with Crippen LogP contribution in [0.4, 0.5) is 0 Å². The first kappa shape index (κ1) is 16.5. The summed E-state index contributed by atoms with van der Waals surface area (Å²) in [4.78, 5) is 0. The van der Waals surface area contributed by atoms with E-state index in [9.17, 15) is 0 Å². The lowest BCUT2D eigenvalue weighted by atomic mass is 9.73. The Kier molecular flexibility index (Phi) is 5.42. The zero-order chi connectivity index (χ0) is 15.5. The molecule has 0 amide bonds. The lowest BCUT2D eigenvalue weighted by Gasteiger charge is -2.44. The number of hydrazine groups is 1. The van der Waals surface area contributed by atoms with Crippen molar-refractivity contribution in [3.05, 3.63) is 34.9 Å². The Morgan fingerprint density at radius 1 is 1.38 bits per heavy atom. The summed E-state index contributed by atoms with van der Waals surface area (Å²) in [5, 5.41) is 0. The highest BCUT2D eigenvalue weighted by Crippen LogP contribution is 2.38. The minimum absolute atomic E-state index is 0.138. The summed E-state index contributed by atoms with van der Waals surface area (Å²) >= 11 is 0. The van der Waals surface area contributed by atoms with Gasteiger partial charge in [-0.2, -0.15) is 0 Å². The molecule has 1 aromatic carbocycles. The number of ether oxygens (including phenoxy) is 1. The molecule has 21 heavy (non-hydrogen) atoms. The van der Waals surface area contributed by atoms with Gasteiger partial charge in [0.25, 0.3) is 0 Å². The van der Waals surface area contributed by atoms with E-state index in [1.54, 1.807) is 0 Å². The van der Waals surface area contributed by atoms with Crippen LogP contribution in [0.2, 0.25) is 0 Å². The number of benzene rings is 1. The third kappa shape index (κ3) is 3.47. The van der Waals surface area contributed by atoms with Crippen molar-refractivity contribution in [2.75, 3.05) is 7.11 Å². The normalized spacial score (nSPS) is 27.6. The molecule has 0 saturated heterocycles. The summed E-state index contributed by atoms with van der Waals surface area (Å²) in [5.41, 5.74) is 7.00. The minimum Gasteiger partial charge on any atom is -0.377 e. The number of hydrogen-bond acceptors (Lipinski definition) is 3. The molecule has 0 aromatic heterocycles. The van der Waals surface area contributed by atoms with Crippen LogP contribution in [0.25, 0.3) is 0 Å². The van der Waals surface area contributed by atoms with E-state index in [0.29, 0.717) is 5.92 Å². The average molecular weight is 290 g/mol.